The Morgan fingerprint density at radius 2 is 1.82 bits per heavy atom. The predicted molar refractivity (Wildman–Crippen MR) is 106 cm³/mol. The Labute approximate surface area is 171 Å². The number of carboxylic acids is 1. The number of nitrogens with one attached hydrogen (secondary N) is 1. The molecule has 15 heteroatoms. The molecule has 5 N–H and O–H groups in total. The molecule has 2 atom stereocenters. The Kier molecular flexibility index (Phi) is 13.3. The summed E-state index contributed by atoms with van der Waals surface area (Å²) in [5.74, 6) is -1.47. The van der Waals surface area contributed by atoms with Crippen LogP contribution in [0.2, 0.25) is 0 Å². The molecular weight excluding hydrogens is 457 g/mol. The van der Waals surface area contributed by atoms with Crippen LogP contribution in [-0.4, -0.2) is 69.1 Å². The van der Waals surface area contributed by atoms with Gasteiger partial charge >= 0.3 is 13.8 Å². The first kappa shape index (κ1) is 27.4. The number of allylic oxidation sites excluding steroid dienone is 1. The number of phosphoric acid groups is 1. The highest BCUT2D eigenvalue weighted by Crippen LogP contribution is 2.38. The molecular formula is C13H24NO10PS3. The quantitative estimate of drug-likeness (QED) is 0.0736. The molecule has 11 nitrogen and oxygen atoms in total. The normalized spacial score (nSPS) is 14.7. The third kappa shape index (κ3) is 16.4. The van der Waals surface area contributed by atoms with Gasteiger partial charge in [0.15, 0.2) is 6.04 Å². The van der Waals surface area contributed by atoms with Crippen LogP contribution in [0.5, 0.6) is 0 Å². The lowest BCUT2D eigenvalue weighted by atomic mass is 10.2. The molecule has 0 heterocycles. The fourth-order valence-corrected chi connectivity index (χ4v) is 5.63. The number of unbranched alkanes of at least 4 members (excludes halogenated alkanes) is 2. The lowest BCUT2D eigenvalue weighted by molar-refractivity contribution is -0.143. The summed E-state index contributed by atoms with van der Waals surface area (Å²) in [5.41, 5.74) is 0. The van der Waals surface area contributed by atoms with Gasteiger partial charge in [0, 0.05) is 11.5 Å². The van der Waals surface area contributed by atoms with E-state index in [2.05, 4.69) is 9.84 Å². The highest BCUT2D eigenvalue weighted by Gasteiger charge is 2.31. The van der Waals surface area contributed by atoms with Gasteiger partial charge in [0.25, 0.3) is 10.1 Å². The predicted octanol–water partition coefficient (Wildman–Crippen LogP) is 1.05. The van der Waals surface area contributed by atoms with Crippen molar-refractivity contribution in [2.24, 2.45) is 0 Å². The zero-order chi connectivity index (χ0) is 21.8. The van der Waals surface area contributed by atoms with Crippen LogP contribution in [0.25, 0.3) is 0 Å². The molecule has 0 saturated carbocycles. The maximum Gasteiger partial charge on any atom is 0.469 e. The summed E-state index contributed by atoms with van der Waals surface area (Å²) in [5, 5.41) is 11.1. The van der Waals surface area contributed by atoms with Gasteiger partial charge in [-0.05, 0) is 32.3 Å². The van der Waals surface area contributed by atoms with Gasteiger partial charge in [-0.15, -0.1) is 0 Å². The average molecular weight is 482 g/mol. The molecule has 0 aromatic carbocycles. The second-order valence-electron chi connectivity index (χ2n) is 5.45. The highest BCUT2D eigenvalue weighted by molar-refractivity contribution is 8.76. The second kappa shape index (κ2) is 13.6. The average Bonchev–Trinajstić information content (AvgIpc) is 2.51. The van der Waals surface area contributed by atoms with Crippen molar-refractivity contribution in [2.45, 2.75) is 38.3 Å². The zero-order valence-corrected chi connectivity index (χ0v) is 18.3. The SMILES string of the molecule is CC(OP(=O)(O)O)[C@H](NC(=O)/C=C/CCCCSSCCS(=O)(=O)O)C(=O)O. The summed E-state index contributed by atoms with van der Waals surface area (Å²) in [4.78, 5) is 40.3. The van der Waals surface area contributed by atoms with Crippen LogP contribution in [0.15, 0.2) is 12.2 Å². The van der Waals surface area contributed by atoms with Crippen LogP contribution < -0.4 is 5.32 Å². The lowest BCUT2D eigenvalue weighted by Crippen LogP contribution is -2.47. The van der Waals surface area contributed by atoms with Crippen LogP contribution in [0.3, 0.4) is 0 Å². The molecule has 0 radical (unpaired) electrons. The molecule has 1 unspecified atom stereocenters. The summed E-state index contributed by atoms with van der Waals surface area (Å²) in [6, 6.07) is -1.62. The minimum Gasteiger partial charge on any atom is -0.480 e. The van der Waals surface area contributed by atoms with E-state index in [9.17, 15) is 22.6 Å². The van der Waals surface area contributed by atoms with E-state index in [0.29, 0.717) is 12.2 Å². The summed E-state index contributed by atoms with van der Waals surface area (Å²) >= 11 is 0. The fraction of sp³-hybridized carbons (Fsp3) is 0.692. The van der Waals surface area contributed by atoms with Crippen molar-refractivity contribution in [3.05, 3.63) is 12.2 Å². The van der Waals surface area contributed by atoms with Crippen LogP contribution in [-0.2, 0) is 28.8 Å². The van der Waals surface area contributed by atoms with E-state index < -0.39 is 42.0 Å². The van der Waals surface area contributed by atoms with E-state index in [-0.39, 0.29) is 5.75 Å². The van der Waals surface area contributed by atoms with Crippen LogP contribution in [0, 0.1) is 0 Å². The molecule has 0 aromatic heterocycles. The van der Waals surface area contributed by atoms with E-state index >= 15 is 0 Å². The third-order valence-corrected chi connectivity index (χ3v) is 7.04. The highest BCUT2D eigenvalue weighted by atomic mass is 33.1. The van der Waals surface area contributed by atoms with Crippen molar-refractivity contribution in [1.82, 2.24) is 5.32 Å². The number of aliphatic carboxylic acids is 1. The summed E-state index contributed by atoms with van der Waals surface area (Å²) in [7, 11) is -6.01. The van der Waals surface area contributed by atoms with E-state index in [1.807, 2.05) is 0 Å². The van der Waals surface area contributed by atoms with Crippen molar-refractivity contribution in [3.63, 3.8) is 0 Å². The van der Waals surface area contributed by atoms with Crippen molar-refractivity contribution in [1.29, 1.82) is 0 Å². The van der Waals surface area contributed by atoms with Crippen LogP contribution >= 0.6 is 29.4 Å². The standard InChI is InChI=1S/C13H24NO10PS3/c1-10(24-25(18,19)20)12(13(16)17)14-11(15)6-4-2-3-5-7-26-27-8-9-28(21,22)23/h4,6,10,12H,2-3,5,7-9H2,1H3,(H,14,15)(H,16,17)(H2,18,19,20)(H,21,22,23)/b6-4+/t10?,12-/m0/s1. The van der Waals surface area contributed by atoms with E-state index in [1.165, 1.54) is 21.6 Å². The first-order valence-electron chi connectivity index (χ1n) is 7.95. The molecule has 0 aliphatic carbocycles. The topological polar surface area (TPSA) is 188 Å². The van der Waals surface area contributed by atoms with Gasteiger partial charge in [0.05, 0.1) is 11.9 Å². The Hall–Kier alpha value is -0.600. The molecule has 0 bridgehead atoms. The Morgan fingerprint density at radius 3 is 2.36 bits per heavy atom. The first-order chi connectivity index (χ1) is 12.8. The Morgan fingerprint density at radius 1 is 1.21 bits per heavy atom. The van der Waals surface area contributed by atoms with Crippen molar-refractivity contribution in [3.8, 4) is 0 Å². The van der Waals surface area contributed by atoms with Gasteiger partial charge in [-0.3, -0.25) is 13.9 Å². The molecule has 28 heavy (non-hydrogen) atoms. The van der Waals surface area contributed by atoms with E-state index in [1.54, 1.807) is 6.08 Å². The largest absolute Gasteiger partial charge is 0.480 e. The van der Waals surface area contributed by atoms with Crippen LogP contribution in [0.4, 0.5) is 0 Å². The molecule has 0 spiro atoms. The maximum absolute atomic E-state index is 11.7. The van der Waals surface area contributed by atoms with E-state index in [0.717, 1.165) is 31.6 Å². The Balaban J connectivity index is 4.06. The second-order valence-corrected chi connectivity index (χ2v) is 10.9. The number of carboxylic acid groups (broad SMARTS) is 1. The van der Waals surface area contributed by atoms with E-state index in [4.69, 9.17) is 19.4 Å². The molecule has 0 fully saturated rings. The molecule has 0 rings (SSSR count). The molecule has 0 aromatic rings. The molecule has 0 aliphatic rings. The van der Waals surface area contributed by atoms with Gasteiger partial charge in [-0.1, -0.05) is 27.7 Å². The molecule has 0 saturated heterocycles. The lowest BCUT2D eigenvalue weighted by Gasteiger charge is -2.21. The fourth-order valence-electron chi connectivity index (χ4n) is 1.73. The van der Waals surface area contributed by atoms with Gasteiger partial charge in [0.1, 0.15) is 0 Å². The van der Waals surface area contributed by atoms with Gasteiger partial charge in [-0.25, -0.2) is 9.36 Å². The summed E-state index contributed by atoms with van der Waals surface area (Å²) in [6.07, 6.45) is 3.34. The van der Waals surface area contributed by atoms with Crippen molar-refractivity contribution < 1.29 is 46.5 Å². The maximum atomic E-state index is 11.7. The van der Waals surface area contributed by atoms with Gasteiger partial charge < -0.3 is 20.2 Å². The Bertz CT molecular complexity index is 678. The van der Waals surface area contributed by atoms with Gasteiger partial charge in [0.2, 0.25) is 5.91 Å². The zero-order valence-electron chi connectivity index (χ0n) is 15.0. The summed E-state index contributed by atoms with van der Waals surface area (Å²) < 4.78 is 44.6. The minimum absolute atomic E-state index is 0.290. The third-order valence-electron chi connectivity index (χ3n) is 2.96. The first-order valence-corrected chi connectivity index (χ1v) is 13.6. The monoisotopic (exact) mass is 481 g/mol. The molecule has 1 amide bonds. The van der Waals surface area contributed by atoms with Crippen LogP contribution in [0.1, 0.15) is 26.2 Å². The summed E-state index contributed by atoms with van der Waals surface area (Å²) in [6.45, 7) is 1.12. The molecule has 164 valence electrons. The number of hydrogen-bond acceptors (Lipinski definition) is 8. The number of hydrogen-bond donors (Lipinski definition) is 5. The smallest absolute Gasteiger partial charge is 0.469 e. The number of phosphoric ester groups is 1. The molecule has 0 aliphatic heterocycles. The van der Waals surface area contributed by atoms with Crippen molar-refractivity contribution in [2.75, 3.05) is 17.3 Å². The minimum atomic E-state index is -4.89. The number of carbonyl (C=O) groups excluding carboxylic acids is 1. The number of rotatable bonds is 15. The number of amides is 1. The van der Waals surface area contributed by atoms with Crippen molar-refractivity contribution >= 4 is 51.4 Å². The van der Waals surface area contributed by atoms with Gasteiger partial charge in [-0.2, -0.15) is 8.42 Å². The number of carbonyl (C=O) groups is 2.